The van der Waals surface area contributed by atoms with Crippen LogP contribution in [0.5, 0.6) is 0 Å². The highest BCUT2D eigenvalue weighted by molar-refractivity contribution is 5.40. The summed E-state index contributed by atoms with van der Waals surface area (Å²) in [5.74, 6) is 0.681. The van der Waals surface area contributed by atoms with E-state index in [2.05, 4.69) is 44.7 Å². The number of hydrogen-bond acceptors (Lipinski definition) is 2. The maximum Gasteiger partial charge on any atom is 0.0317 e. The van der Waals surface area contributed by atoms with Gasteiger partial charge in [-0.3, -0.25) is 4.90 Å². The van der Waals surface area contributed by atoms with Crippen LogP contribution >= 0.6 is 0 Å². The lowest BCUT2D eigenvalue weighted by Crippen LogP contribution is -2.36. The zero-order chi connectivity index (χ0) is 12.1. The predicted octanol–water partition coefficient (Wildman–Crippen LogP) is 3.14. The van der Waals surface area contributed by atoms with Gasteiger partial charge < -0.3 is 5.73 Å². The van der Waals surface area contributed by atoms with Crippen LogP contribution in [0.3, 0.4) is 0 Å². The fourth-order valence-corrected chi connectivity index (χ4v) is 1.89. The fraction of sp³-hybridized carbons (Fsp3) is 0.571. The molecule has 1 aromatic carbocycles. The van der Waals surface area contributed by atoms with Crippen LogP contribution in [-0.2, 0) is 6.54 Å². The van der Waals surface area contributed by atoms with Crippen molar-refractivity contribution in [2.75, 3.05) is 12.3 Å². The summed E-state index contributed by atoms with van der Waals surface area (Å²) in [7, 11) is 0. The van der Waals surface area contributed by atoms with Gasteiger partial charge in [0.05, 0.1) is 0 Å². The number of anilines is 1. The minimum Gasteiger partial charge on any atom is -0.399 e. The molecule has 0 saturated heterocycles. The molecule has 0 aliphatic carbocycles. The van der Waals surface area contributed by atoms with Gasteiger partial charge in [0.25, 0.3) is 0 Å². The van der Waals surface area contributed by atoms with Crippen molar-refractivity contribution in [3.63, 3.8) is 0 Å². The van der Waals surface area contributed by atoms with Gasteiger partial charge in [-0.15, -0.1) is 0 Å². The summed E-state index contributed by atoms with van der Waals surface area (Å²) in [6, 6.07) is 8.78. The molecule has 0 amide bonds. The molecule has 0 fully saturated rings. The Balaban J connectivity index is 2.70. The van der Waals surface area contributed by atoms with Crippen LogP contribution in [0.15, 0.2) is 24.3 Å². The van der Waals surface area contributed by atoms with E-state index < -0.39 is 0 Å². The maximum absolute atomic E-state index is 5.79. The quantitative estimate of drug-likeness (QED) is 0.772. The smallest absolute Gasteiger partial charge is 0.0317 e. The van der Waals surface area contributed by atoms with Crippen LogP contribution < -0.4 is 5.73 Å². The molecule has 2 N–H and O–H groups in total. The molecule has 0 heterocycles. The molecule has 0 bridgehead atoms. The van der Waals surface area contributed by atoms with E-state index in [4.69, 9.17) is 5.73 Å². The van der Waals surface area contributed by atoms with E-state index in [0.29, 0.717) is 12.0 Å². The van der Waals surface area contributed by atoms with Crippen LogP contribution in [0.25, 0.3) is 0 Å². The standard InChI is InChI=1S/C14H24N2/c1-5-16(12(4)11(2)3)10-13-7-6-8-14(15)9-13/h6-9,11-12H,5,10,15H2,1-4H3. The van der Waals surface area contributed by atoms with Crippen molar-refractivity contribution in [1.29, 1.82) is 0 Å². The highest BCUT2D eigenvalue weighted by Gasteiger charge is 2.15. The summed E-state index contributed by atoms with van der Waals surface area (Å²) in [6.45, 7) is 11.1. The summed E-state index contributed by atoms with van der Waals surface area (Å²) in [4.78, 5) is 2.49. The third-order valence-electron chi connectivity index (χ3n) is 3.28. The van der Waals surface area contributed by atoms with Crippen molar-refractivity contribution < 1.29 is 0 Å². The van der Waals surface area contributed by atoms with Gasteiger partial charge in [-0.25, -0.2) is 0 Å². The third kappa shape index (κ3) is 3.53. The summed E-state index contributed by atoms with van der Waals surface area (Å²) in [6.07, 6.45) is 0. The van der Waals surface area contributed by atoms with Crippen molar-refractivity contribution in [3.05, 3.63) is 29.8 Å². The second-order valence-electron chi connectivity index (χ2n) is 4.79. The summed E-state index contributed by atoms with van der Waals surface area (Å²) in [5.41, 5.74) is 7.95. The largest absolute Gasteiger partial charge is 0.399 e. The highest BCUT2D eigenvalue weighted by Crippen LogP contribution is 2.15. The van der Waals surface area contributed by atoms with Gasteiger partial charge in [0.2, 0.25) is 0 Å². The molecule has 0 radical (unpaired) electrons. The van der Waals surface area contributed by atoms with E-state index in [-0.39, 0.29) is 0 Å². The number of benzene rings is 1. The normalized spacial score (nSPS) is 13.4. The number of nitrogens with zero attached hydrogens (tertiary/aromatic N) is 1. The fourth-order valence-electron chi connectivity index (χ4n) is 1.89. The zero-order valence-corrected chi connectivity index (χ0v) is 10.9. The number of rotatable bonds is 5. The van der Waals surface area contributed by atoms with Gasteiger partial charge in [-0.1, -0.05) is 32.9 Å². The van der Waals surface area contributed by atoms with Crippen molar-refractivity contribution in [2.45, 2.75) is 40.3 Å². The highest BCUT2D eigenvalue weighted by atomic mass is 15.1. The lowest BCUT2D eigenvalue weighted by molar-refractivity contribution is 0.169. The first-order chi connectivity index (χ1) is 7.54. The average Bonchev–Trinajstić information content (AvgIpc) is 2.25. The second-order valence-corrected chi connectivity index (χ2v) is 4.79. The first-order valence-corrected chi connectivity index (χ1v) is 6.13. The molecule has 90 valence electrons. The Morgan fingerprint density at radius 3 is 2.44 bits per heavy atom. The summed E-state index contributed by atoms with van der Waals surface area (Å²) < 4.78 is 0. The Bertz CT molecular complexity index is 320. The molecule has 1 rings (SSSR count). The Hall–Kier alpha value is -1.02. The Kier molecular flexibility index (Phi) is 4.81. The molecule has 2 nitrogen and oxygen atoms in total. The zero-order valence-electron chi connectivity index (χ0n) is 10.9. The molecule has 2 heteroatoms. The van der Waals surface area contributed by atoms with Crippen molar-refractivity contribution >= 4 is 5.69 Å². The van der Waals surface area contributed by atoms with Crippen molar-refractivity contribution in [3.8, 4) is 0 Å². The van der Waals surface area contributed by atoms with Gasteiger partial charge in [0.1, 0.15) is 0 Å². The second kappa shape index (κ2) is 5.90. The SMILES string of the molecule is CCN(Cc1cccc(N)c1)C(C)C(C)C. The van der Waals surface area contributed by atoms with Gasteiger partial charge in [-0.05, 0) is 37.1 Å². The number of nitrogen functional groups attached to an aromatic ring is 1. The molecular formula is C14H24N2. The van der Waals surface area contributed by atoms with Crippen LogP contribution in [0, 0.1) is 5.92 Å². The minimum atomic E-state index is 0.603. The molecule has 0 saturated carbocycles. The topological polar surface area (TPSA) is 29.3 Å². The van der Waals surface area contributed by atoms with E-state index >= 15 is 0 Å². The third-order valence-corrected chi connectivity index (χ3v) is 3.28. The van der Waals surface area contributed by atoms with E-state index in [1.165, 1.54) is 5.56 Å². The molecule has 1 aromatic rings. The molecule has 0 aromatic heterocycles. The molecule has 16 heavy (non-hydrogen) atoms. The average molecular weight is 220 g/mol. The predicted molar refractivity (Wildman–Crippen MR) is 71.2 cm³/mol. The summed E-state index contributed by atoms with van der Waals surface area (Å²) in [5, 5.41) is 0. The van der Waals surface area contributed by atoms with Crippen LogP contribution in [0.2, 0.25) is 0 Å². The number of nitrogens with two attached hydrogens (primary N) is 1. The molecular weight excluding hydrogens is 196 g/mol. The van der Waals surface area contributed by atoms with Gasteiger partial charge in [-0.2, -0.15) is 0 Å². The molecule has 0 aliphatic heterocycles. The monoisotopic (exact) mass is 220 g/mol. The Morgan fingerprint density at radius 2 is 1.94 bits per heavy atom. The summed E-state index contributed by atoms with van der Waals surface area (Å²) >= 11 is 0. The van der Waals surface area contributed by atoms with E-state index in [1.807, 2.05) is 12.1 Å². The Morgan fingerprint density at radius 1 is 1.25 bits per heavy atom. The molecule has 1 unspecified atom stereocenters. The van der Waals surface area contributed by atoms with E-state index in [1.54, 1.807) is 0 Å². The molecule has 0 aliphatic rings. The maximum atomic E-state index is 5.79. The van der Waals surface area contributed by atoms with Crippen LogP contribution in [0.4, 0.5) is 5.69 Å². The van der Waals surface area contributed by atoms with Gasteiger partial charge in [0.15, 0.2) is 0 Å². The van der Waals surface area contributed by atoms with Crippen molar-refractivity contribution in [1.82, 2.24) is 4.90 Å². The Labute approximate surface area is 99.5 Å². The van der Waals surface area contributed by atoms with Crippen LogP contribution in [-0.4, -0.2) is 17.5 Å². The molecule has 0 spiro atoms. The lowest BCUT2D eigenvalue weighted by atomic mass is 10.0. The molecule has 1 atom stereocenters. The lowest BCUT2D eigenvalue weighted by Gasteiger charge is -2.30. The minimum absolute atomic E-state index is 0.603. The van der Waals surface area contributed by atoms with E-state index in [0.717, 1.165) is 18.8 Å². The first kappa shape index (κ1) is 13.0. The first-order valence-electron chi connectivity index (χ1n) is 6.13. The van der Waals surface area contributed by atoms with Gasteiger partial charge in [0, 0.05) is 18.3 Å². The van der Waals surface area contributed by atoms with E-state index in [9.17, 15) is 0 Å². The van der Waals surface area contributed by atoms with Gasteiger partial charge >= 0.3 is 0 Å². The van der Waals surface area contributed by atoms with Crippen LogP contribution in [0.1, 0.15) is 33.3 Å². The van der Waals surface area contributed by atoms with Crippen molar-refractivity contribution in [2.24, 2.45) is 5.92 Å². The number of hydrogen-bond donors (Lipinski definition) is 1.